The minimum Gasteiger partial charge on any atom is -0.612 e. The van der Waals surface area contributed by atoms with Gasteiger partial charge in [0.2, 0.25) is 0 Å². The quantitative estimate of drug-likeness (QED) is 0.760. The molecular weight excluding hydrogens is 254 g/mol. The highest BCUT2D eigenvalue weighted by molar-refractivity contribution is 7.90. The topological polar surface area (TPSA) is 23.1 Å². The van der Waals surface area contributed by atoms with E-state index < -0.39 is 17.0 Å². The second-order valence-corrected chi connectivity index (χ2v) is 5.41. The highest BCUT2D eigenvalue weighted by atomic mass is 32.2. The summed E-state index contributed by atoms with van der Waals surface area (Å²) in [6.07, 6.45) is 1.42. The molecule has 0 aliphatic carbocycles. The summed E-state index contributed by atoms with van der Waals surface area (Å²) < 4.78 is 38.3. The summed E-state index contributed by atoms with van der Waals surface area (Å²) in [6.45, 7) is 1.67. The predicted octanol–water partition coefficient (Wildman–Crippen LogP) is 3.68. The Morgan fingerprint density at radius 3 is 2.00 bits per heavy atom. The van der Waals surface area contributed by atoms with Crippen molar-refractivity contribution < 1.29 is 13.3 Å². The second kappa shape index (κ2) is 5.08. The normalized spacial score (nSPS) is 12.5. The van der Waals surface area contributed by atoms with Gasteiger partial charge in [0.1, 0.15) is 12.1 Å². The smallest absolute Gasteiger partial charge is 0.188 e. The van der Waals surface area contributed by atoms with E-state index in [4.69, 9.17) is 0 Å². The third-order valence-corrected chi connectivity index (χ3v) is 3.70. The first kappa shape index (κ1) is 13.1. The molecule has 0 spiro atoms. The summed E-state index contributed by atoms with van der Waals surface area (Å²) in [6, 6.07) is 9.14. The lowest BCUT2D eigenvalue weighted by atomic mass is 10.0. The van der Waals surface area contributed by atoms with Gasteiger partial charge in [-0.05, 0) is 59.1 Å². The summed E-state index contributed by atoms with van der Waals surface area (Å²) in [5.74, 6) is -0.856. The van der Waals surface area contributed by atoms with Crippen LogP contribution in [0.2, 0.25) is 0 Å². The first-order valence-electron chi connectivity index (χ1n) is 5.38. The van der Waals surface area contributed by atoms with Crippen LogP contribution in [0.25, 0.3) is 11.1 Å². The Bertz CT molecular complexity index is 582. The molecule has 2 aromatic carbocycles. The van der Waals surface area contributed by atoms with Crippen molar-refractivity contribution in [3.8, 4) is 11.1 Å². The third kappa shape index (κ3) is 2.54. The number of hydrogen-bond acceptors (Lipinski definition) is 1. The molecule has 1 nitrogen and oxygen atoms in total. The monoisotopic (exact) mass is 266 g/mol. The van der Waals surface area contributed by atoms with E-state index in [9.17, 15) is 13.3 Å². The Labute approximate surface area is 108 Å². The van der Waals surface area contributed by atoms with E-state index in [1.165, 1.54) is 24.5 Å². The van der Waals surface area contributed by atoms with Gasteiger partial charge in [0, 0.05) is 0 Å². The highest BCUT2D eigenvalue weighted by Crippen LogP contribution is 2.25. The van der Waals surface area contributed by atoms with Gasteiger partial charge < -0.3 is 4.55 Å². The molecule has 0 bridgehead atoms. The zero-order chi connectivity index (χ0) is 13.3. The largest absolute Gasteiger partial charge is 0.612 e. The summed E-state index contributed by atoms with van der Waals surface area (Å²) >= 11 is -1.36. The van der Waals surface area contributed by atoms with Crippen LogP contribution in [0.3, 0.4) is 0 Å². The molecule has 0 N–H and O–H groups in total. The van der Waals surface area contributed by atoms with Crippen molar-refractivity contribution >= 4 is 11.2 Å². The van der Waals surface area contributed by atoms with Crippen molar-refractivity contribution in [3.63, 3.8) is 0 Å². The second-order valence-electron chi connectivity index (χ2n) is 4.06. The number of hydrogen-bond donors (Lipinski definition) is 0. The molecule has 0 aromatic heterocycles. The average molecular weight is 266 g/mol. The van der Waals surface area contributed by atoms with E-state index in [-0.39, 0.29) is 10.7 Å². The van der Waals surface area contributed by atoms with Crippen LogP contribution >= 0.6 is 0 Å². The summed E-state index contributed by atoms with van der Waals surface area (Å²) in [4.78, 5) is 0.159. The van der Waals surface area contributed by atoms with E-state index in [0.717, 1.165) is 0 Å². The Morgan fingerprint density at radius 1 is 0.944 bits per heavy atom. The summed E-state index contributed by atoms with van der Waals surface area (Å²) in [7, 11) is 0. The lowest BCUT2D eigenvalue weighted by molar-refractivity contribution is 0.570. The van der Waals surface area contributed by atoms with Crippen molar-refractivity contribution in [3.05, 3.63) is 53.6 Å². The van der Waals surface area contributed by atoms with Crippen molar-refractivity contribution in [2.75, 3.05) is 6.26 Å². The molecule has 0 saturated carbocycles. The molecule has 1 atom stereocenters. The van der Waals surface area contributed by atoms with Crippen LogP contribution in [0.15, 0.2) is 41.3 Å². The Hall–Kier alpha value is -1.39. The zero-order valence-corrected chi connectivity index (χ0v) is 10.9. The van der Waals surface area contributed by atoms with Gasteiger partial charge in [-0.1, -0.05) is 12.1 Å². The minimum absolute atomic E-state index is 0.159. The van der Waals surface area contributed by atoms with Gasteiger partial charge in [0.15, 0.2) is 10.7 Å². The third-order valence-electron chi connectivity index (χ3n) is 2.75. The van der Waals surface area contributed by atoms with Crippen molar-refractivity contribution in [1.82, 2.24) is 0 Å². The molecule has 2 aromatic rings. The molecule has 0 heterocycles. The summed E-state index contributed by atoms with van der Waals surface area (Å²) in [5, 5.41) is 0. The van der Waals surface area contributed by atoms with Crippen LogP contribution in [0.5, 0.6) is 0 Å². The lowest BCUT2D eigenvalue weighted by Crippen LogP contribution is -2.00. The molecule has 0 radical (unpaired) electrons. The highest BCUT2D eigenvalue weighted by Gasteiger charge is 2.13. The molecule has 0 aliphatic rings. The number of benzene rings is 2. The van der Waals surface area contributed by atoms with E-state index in [1.54, 1.807) is 25.1 Å². The molecule has 0 saturated heterocycles. The van der Waals surface area contributed by atoms with Gasteiger partial charge in [-0.25, -0.2) is 8.78 Å². The van der Waals surface area contributed by atoms with Crippen LogP contribution < -0.4 is 0 Å². The molecule has 0 fully saturated rings. The predicted molar refractivity (Wildman–Crippen MR) is 68.9 cm³/mol. The molecule has 0 aliphatic heterocycles. The van der Waals surface area contributed by atoms with Crippen LogP contribution in [0.1, 0.15) is 5.56 Å². The SMILES string of the molecule is Cc1ccc(-c2ccc([S+](C)[O-])c(F)c2)cc1F. The Balaban J connectivity index is 2.45. The fourth-order valence-corrected chi connectivity index (χ4v) is 2.28. The zero-order valence-electron chi connectivity index (χ0n) is 10.0. The minimum atomic E-state index is -1.36. The molecule has 4 heteroatoms. The van der Waals surface area contributed by atoms with Gasteiger partial charge in [0.05, 0.1) is 0 Å². The average Bonchev–Trinajstić information content (AvgIpc) is 2.32. The molecule has 18 heavy (non-hydrogen) atoms. The van der Waals surface area contributed by atoms with Crippen LogP contribution in [0.4, 0.5) is 8.78 Å². The molecule has 94 valence electrons. The maximum absolute atomic E-state index is 13.7. The van der Waals surface area contributed by atoms with Crippen LogP contribution in [-0.4, -0.2) is 10.8 Å². The van der Waals surface area contributed by atoms with Gasteiger partial charge in [-0.3, -0.25) is 0 Å². The summed E-state index contributed by atoms with van der Waals surface area (Å²) in [5.41, 5.74) is 1.72. The van der Waals surface area contributed by atoms with Gasteiger partial charge in [0.25, 0.3) is 0 Å². The number of halogens is 2. The first-order chi connectivity index (χ1) is 8.49. The van der Waals surface area contributed by atoms with E-state index in [1.807, 2.05) is 0 Å². The maximum atomic E-state index is 13.7. The van der Waals surface area contributed by atoms with Crippen LogP contribution in [0, 0.1) is 18.6 Å². The standard InChI is InChI=1S/C14H12F2OS/c1-9-3-4-10(7-12(9)15)11-5-6-14(18(2)17)13(16)8-11/h3-8H,1-2H3. The first-order valence-corrected chi connectivity index (χ1v) is 6.94. The van der Waals surface area contributed by atoms with E-state index in [0.29, 0.717) is 16.7 Å². The molecule has 2 rings (SSSR count). The molecule has 1 unspecified atom stereocenters. The van der Waals surface area contributed by atoms with E-state index in [2.05, 4.69) is 0 Å². The Morgan fingerprint density at radius 2 is 1.50 bits per heavy atom. The number of aryl methyl sites for hydroxylation is 1. The maximum Gasteiger partial charge on any atom is 0.188 e. The lowest BCUT2D eigenvalue weighted by Gasteiger charge is -2.08. The van der Waals surface area contributed by atoms with Crippen LogP contribution in [-0.2, 0) is 11.2 Å². The van der Waals surface area contributed by atoms with Gasteiger partial charge in [-0.2, -0.15) is 0 Å². The fourth-order valence-electron chi connectivity index (χ4n) is 1.69. The molecule has 0 amide bonds. The fraction of sp³-hybridized carbons (Fsp3) is 0.143. The Kier molecular flexibility index (Phi) is 3.68. The van der Waals surface area contributed by atoms with Crippen molar-refractivity contribution in [2.24, 2.45) is 0 Å². The number of rotatable bonds is 2. The van der Waals surface area contributed by atoms with Crippen molar-refractivity contribution in [2.45, 2.75) is 11.8 Å². The van der Waals surface area contributed by atoms with E-state index >= 15 is 0 Å². The van der Waals surface area contributed by atoms with Gasteiger partial charge >= 0.3 is 0 Å². The van der Waals surface area contributed by atoms with Crippen molar-refractivity contribution in [1.29, 1.82) is 0 Å². The molecular formula is C14H12F2OS. The van der Waals surface area contributed by atoms with Gasteiger partial charge in [-0.15, -0.1) is 0 Å².